The minimum absolute atomic E-state index is 0.349. The second-order valence-electron chi connectivity index (χ2n) is 6.87. The predicted molar refractivity (Wildman–Crippen MR) is 116 cm³/mol. The van der Waals surface area contributed by atoms with E-state index < -0.39 is 9.84 Å². The Bertz CT molecular complexity index is 1320. The van der Waals surface area contributed by atoms with E-state index in [1.165, 1.54) is 6.26 Å². The Hall–Kier alpha value is -3.32. The van der Waals surface area contributed by atoms with E-state index in [4.69, 9.17) is 0 Å². The zero-order chi connectivity index (χ0) is 20.6. The Morgan fingerprint density at radius 1 is 0.931 bits per heavy atom. The number of benzene rings is 2. The first kappa shape index (κ1) is 19.0. The molecule has 0 radical (unpaired) electrons. The Morgan fingerprint density at radius 3 is 2.34 bits per heavy atom. The fourth-order valence-electron chi connectivity index (χ4n) is 3.37. The Balaban J connectivity index is 1.84. The zero-order valence-corrected chi connectivity index (χ0v) is 17.2. The van der Waals surface area contributed by atoms with Crippen LogP contribution in [-0.4, -0.2) is 36.7 Å². The van der Waals surface area contributed by atoms with Gasteiger partial charge in [0, 0.05) is 36.6 Å². The summed E-state index contributed by atoms with van der Waals surface area (Å²) in [6.07, 6.45) is 4.68. The van der Waals surface area contributed by atoms with Gasteiger partial charge >= 0.3 is 0 Å². The molecular formula is C22H20N4O2S. The lowest BCUT2D eigenvalue weighted by atomic mass is 10.0. The van der Waals surface area contributed by atoms with Crippen LogP contribution in [0.15, 0.2) is 65.8 Å². The number of hydrogen-bond acceptors (Lipinski definition) is 6. The van der Waals surface area contributed by atoms with Crippen molar-refractivity contribution in [2.75, 3.05) is 18.6 Å². The molecule has 0 amide bonds. The lowest BCUT2D eigenvalue weighted by Crippen LogP contribution is -2.00. The normalized spacial score (nSPS) is 11.6. The van der Waals surface area contributed by atoms with Gasteiger partial charge in [-0.05, 0) is 53.9 Å². The summed E-state index contributed by atoms with van der Waals surface area (Å²) >= 11 is 0. The minimum atomic E-state index is -3.24. The molecule has 4 aromatic rings. The van der Waals surface area contributed by atoms with Gasteiger partial charge in [-0.3, -0.25) is 4.98 Å². The number of fused-ring (bicyclic) bond motifs is 1. The van der Waals surface area contributed by atoms with Crippen molar-refractivity contribution in [1.29, 1.82) is 0 Å². The molecule has 0 saturated carbocycles. The van der Waals surface area contributed by atoms with Gasteiger partial charge in [0.1, 0.15) is 5.82 Å². The highest BCUT2D eigenvalue weighted by Gasteiger charge is 2.13. The highest BCUT2D eigenvalue weighted by atomic mass is 32.2. The van der Waals surface area contributed by atoms with Crippen molar-refractivity contribution < 1.29 is 8.42 Å². The van der Waals surface area contributed by atoms with Crippen molar-refractivity contribution >= 4 is 26.6 Å². The van der Waals surface area contributed by atoms with Gasteiger partial charge in [0.15, 0.2) is 15.7 Å². The quantitative estimate of drug-likeness (QED) is 0.551. The summed E-state index contributed by atoms with van der Waals surface area (Å²) in [4.78, 5) is 13.8. The third-order valence-electron chi connectivity index (χ3n) is 4.76. The van der Waals surface area contributed by atoms with Crippen LogP contribution >= 0.6 is 0 Å². The number of aryl methyl sites for hydroxylation is 1. The molecule has 1 N–H and O–H groups in total. The molecule has 0 unspecified atom stereocenters. The van der Waals surface area contributed by atoms with Crippen molar-refractivity contribution in [2.24, 2.45) is 0 Å². The average molecular weight is 404 g/mol. The molecule has 2 aromatic carbocycles. The first-order valence-electron chi connectivity index (χ1n) is 9.08. The van der Waals surface area contributed by atoms with E-state index in [1.54, 1.807) is 18.5 Å². The van der Waals surface area contributed by atoms with Crippen molar-refractivity contribution in [1.82, 2.24) is 15.0 Å². The summed E-state index contributed by atoms with van der Waals surface area (Å²) in [5, 5.41) is 4.04. The second-order valence-corrected chi connectivity index (χ2v) is 8.86. The smallest absolute Gasteiger partial charge is 0.175 e. The molecular weight excluding hydrogens is 384 g/mol. The number of nitrogens with one attached hydrogen (secondary N) is 1. The second kappa shape index (κ2) is 7.25. The van der Waals surface area contributed by atoms with Gasteiger partial charge in [0.25, 0.3) is 0 Å². The first-order valence-corrected chi connectivity index (χ1v) is 11.0. The standard InChI is InChI=1S/C22H20N4O2S/c1-14-11-15(7-9-20(14)29(3,27)28)16-6-8-19-18(12-16)22(23-2)26-21(25-19)17-5-4-10-24-13-17/h4-13H,1-3H3,(H,23,25,26). The molecule has 0 saturated heterocycles. The highest BCUT2D eigenvalue weighted by Crippen LogP contribution is 2.30. The Kier molecular flexibility index (Phi) is 4.76. The Morgan fingerprint density at radius 2 is 1.69 bits per heavy atom. The molecule has 0 atom stereocenters. The molecule has 2 heterocycles. The van der Waals surface area contributed by atoms with E-state index in [0.717, 1.165) is 39.0 Å². The van der Waals surface area contributed by atoms with E-state index >= 15 is 0 Å². The molecule has 2 aromatic heterocycles. The van der Waals surface area contributed by atoms with Crippen LogP contribution in [0.4, 0.5) is 5.82 Å². The van der Waals surface area contributed by atoms with Crippen LogP contribution in [0.3, 0.4) is 0 Å². The number of hydrogen-bond donors (Lipinski definition) is 1. The number of sulfone groups is 1. The van der Waals surface area contributed by atoms with Gasteiger partial charge in [0.2, 0.25) is 0 Å². The van der Waals surface area contributed by atoms with Crippen LogP contribution in [0.1, 0.15) is 5.56 Å². The maximum absolute atomic E-state index is 11.9. The molecule has 4 rings (SSSR count). The summed E-state index contributed by atoms with van der Waals surface area (Å²) in [6.45, 7) is 1.81. The van der Waals surface area contributed by atoms with Crippen LogP contribution in [-0.2, 0) is 9.84 Å². The SMILES string of the molecule is CNc1nc(-c2cccnc2)nc2ccc(-c3ccc(S(C)(=O)=O)c(C)c3)cc12. The number of pyridine rings is 1. The zero-order valence-electron chi connectivity index (χ0n) is 16.3. The summed E-state index contributed by atoms with van der Waals surface area (Å²) < 4.78 is 23.8. The van der Waals surface area contributed by atoms with Gasteiger partial charge in [-0.25, -0.2) is 18.4 Å². The first-order chi connectivity index (χ1) is 13.9. The molecule has 7 heteroatoms. The molecule has 146 valence electrons. The molecule has 0 bridgehead atoms. The lowest BCUT2D eigenvalue weighted by Gasteiger charge is -2.11. The molecule has 0 aliphatic heterocycles. The minimum Gasteiger partial charge on any atom is -0.373 e. The average Bonchev–Trinajstić information content (AvgIpc) is 2.72. The summed E-state index contributed by atoms with van der Waals surface area (Å²) in [6, 6.07) is 15.1. The van der Waals surface area contributed by atoms with E-state index in [-0.39, 0.29) is 0 Å². The maximum Gasteiger partial charge on any atom is 0.175 e. The molecule has 0 aliphatic carbocycles. The topological polar surface area (TPSA) is 84.8 Å². The third kappa shape index (κ3) is 3.69. The summed E-state index contributed by atoms with van der Waals surface area (Å²) in [5.41, 5.74) is 4.30. The van der Waals surface area contributed by atoms with Crippen molar-refractivity contribution in [2.45, 2.75) is 11.8 Å². The summed E-state index contributed by atoms with van der Waals surface area (Å²) in [7, 11) is -1.42. The van der Waals surface area contributed by atoms with Gasteiger partial charge in [0.05, 0.1) is 10.4 Å². The van der Waals surface area contributed by atoms with Crippen molar-refractivity contribution in [3.63, 3.8) is 0 Å². The van der Waals surface area contributed by atoms with Gasteiger partial charge in [-0.1, -0.05) is 18.2 Å². The number of nitrogens with zero attached hydrogens (tertiary/aromatic N) is 3. The van der Waals surface area contributed by atoms with Crippen LogP contribution < -0.4 is 5.32 Å². The fourth-order valence-corrected chi connectivity index (χ4v) is 4.33. The van der Waals surface area contributed by atoms with Gasteiger partial charge < -0.3 is 5.32 Å². The number of rotatable bonds is 4. The van der Waals surface area contributed by atoms with Crippen molar-refractivity contribution in [3.8, 4) is 22.5 Å². The van der Waals surface area contributed by atoms with E-state index in [2.05, 4.69) is 20.3 Å². The highest BCUT2D eigenvalue weighted by molar-refractivity contribution is 7.90. The van der Waals surface area contributed by atoms with E-state index in [0.29, 0.717) is 10.7 Å². The van der Waals surface area contributed by atoms with E-state index in [9.17, 15) is 8.42 Å². The van der Waals surface area contributed by atoms with Crippen molar-refractivity contribution in [3.05, 3.63) is 66.5 Å². The van der Waals surface area contributed by atoms with Crippen LogP contribution in [0.5, 0.6) is 0 Å². The Labute approximate surface area is 169 Å². The van der Waals surface area contributed by atoms with Crippen LogP contribution in [0.2, 0.25) is 0 Å². The van der Waals surface area contributed by atoms with Crippen LogP contribution in [0, 0.1) is 6.92 Å². The summed E-state index contributed by atoms with van der Waals surface area (Å²) in [5.74, 6) is 1.33. The van der Waals surface area contributed by atoms with Gasteiger partial charge in [-0.2, -0.15) is 0 Å². The van der Waals surface area contributed by atoms with Crippen LogP contribution in [0.25, 0.3) is 33.4 Å². The fraction of sp³-hybridized carbons (Fsp3) is 0.136. The largest absolute Gasteiger partial charge is 0.373 e. The molecule has 0 aliphatic rings. The molecule has 29 heavy (non-hydrogen) atoms. The lowest BCUT2D eigenvalue weighted by molar-refractivity contribution is 0.601. The van der Waals surface area contributed by atoms with Gasteiger partial charge in [-0.15, -0.1) is 0 Å². The number of aromatic nitrogens is 3. The number of anilines is 1. The monoisotopic (exact) mass is 404 g/mol. The predicted octanol–water partition coefficient (Wildman–Crippen LogP) is 4.11. The molecule has 6 nitrogen and oxygen atoms in total. The third-order valence-corrected chi connectivity index (χ3v) is 6.02. The molecule has 0 spiro atoms. The molecule has 0 fully saturated rings. The maximum atomic E-state index is 11.9. The van der Waals surface area contributed by atoms with E-state index in [1.807, 2.05) is 56.4 Å².